The van der Waals surface area contributed by atoms with E-state index < -0.39 is 23.7 Å². The van der Waals surface area contributed by atoms with Gasteiger partial charge in [0.05, 0.1) is 28.9 Å². The molecule has 0 radical (unpaired) electrons. The largest absolute Gasteiger partial charge is 0.462 e. The van der Waals surface area contributed by atoms with E-state index in [0.29, 0.717) is 23.6 Å². The lowest BCUT2D eigenvalue weighted by atomic mass is 9.95. The molecule has 0 fully saturated rings. The Morgan fingerprint density at radius 3 is 2.65 bits per heavy atom. The topological polar surface area (TPSA) is 73.2 Å². The molecule has 0 saturated heterocycles. The van der Waals surface area contributed by atoms with E-state index in [1.54, 1.807) is 0 Å². The Morgan fingerprint density at radius 1 is 1.29 bits per heavy atom. The minimum atomic E-state index is -4.58. The number of hydrogen-bond acceptors (Lipinski definition) is 5. The molecule has 1 aliphatic carbocycles. The zero-order valence-electron chi connectivity index (χ0n) is 17.2. The van der Waals surface area contributed by atoms with Crippen LogP contribution < -0.4 is 5.32 Å². The number of alkyl halides is 3. The van der Waals surface area contributed by atoms with Crippen molar-refractivity contribution in [2.24, 2.45) is 0 Å². The highest BCUT2D eigenvalue weighted by Crippen LogP contribution is 2.39. The summed E-state index contributed by atoms with van der Waals surface area (Å²) in [7, 11) is 0. The number of carbonyl (C=O) groups excluding carboxylic acids is 2. The predicted molar refractivity (Wildman–Crippen MR) is 114 cm³/mol. The van der Waals surface area contributed by atoms with Gasteiger partial charge in [-0.05, 0) is 60.5 Å². The van der Waals surface area contributed by atoms with Crippen LogP contribution in [0.4, 0.5) is 18.2 Å². The Kier molecular flexibility index (Phi) is 7.46. The van der Waals surface area contributed by atoms with Crippen LogP contribution >= 0.6 is 27.3 Å². The second-order valence-corrected chi connectivity index (χ2v) is 9.22. The molecule has 0 aromatic carbocycles. The average Bonchev–Trinajstić information content (AvgIpc) is 3.21. The summed E-state index contributed by atoms with van der Waals surface area (Å²) in [6.45, 7) is 3.68. The van der Waals surface area contributed by atoms with Crippen molar-refractivity contribution in [1.82, 2.24) is 9.78 Å². The van der Waals surface area contributed by atoms with E-state index in [2.05, 4.69) is 26.3 Å². The number of fused-ring (bicyclic) bond motifs is 1. The maximum absolute atomic E-state index is 13.0. The van der Waals surface area contributed by atoms with Crippen LogP contribution in [0.3, 0.4) is 0 Å². The van der Waals surface area contributed by atoms with Crippen LogP contribution in [0.2, 0.25) is 0 Å². The zero-order valence-corrected chi connectivity index (χ0v) is 19.6. The third-order valence-electron chi connectivity index (χ3n) is 5.02. The van der Waals surface area contributed by atoms with E-state index in [-0.39, 0.29) is 23.1 Å². The number of ether oxygens (including phenoxy) is 1. The van der Waals surface area contributed by atoms with E-state index in [0.717, 1.165) is 40.8 Å². The van der Waals surface area contributed by atoms with Crippen molar-refractivity contribution in [3.05, 3.63) is 31.9 Å². The number of thiophene rings is 1. The zero-order chi connectivity index (χ0) is 22.8. The molecule has 6 nitrogen and oxygen atoms in total. The molecule has 1 aliphatic rings. The molecule has 0 spiro atoms. The number of nitrogens with one attached hydrogen (secondary N) is 1. The van der Waals surface area contributed by atoms with Crippen LogP contribution in [0, 0.1) is 6.92 Å². The van der Waals surface area contributed by atoms with Gasteiger partial charge in [-0.15, -0.1) is 11.3 Å². The van der Waals surface area contributed by atoms with Gasteiger partial charge >= 0.3 is 12.1 Å². The van der Waals surface area contributed by atoms with E-state index >= 15 is 0 Å². The van der Waals surface area contributed by atoms with Gasteiger partial charge in [0.1, 0.15) is 5.00 Å². The standard InChI is InChI=1S/C20H23BrF3N3O3S/c1-3-10-30-19(29)15-12-6-4-5-7-13(12)31-18(15)25-14(28)8-9-27-11(2)16(21)17(26-27)20(22,23)24/h3-10H2,1-2H3,(H,25,28). The predicted octanol–water partition coefficient (Wildman–Crippen LogP) is 5.51. The maximum Gasteiger partial charge on any atom is 0.436 e. The quantitative estimate of drug-likeness (QED) is 0.487. The van der Waals surface area contributed by atoms with Crippen molar-refractivity contribution < 1.29 is 27.5 Å². The fourth-order valence-electron chi connectivity index (χ4n) is 3.46. The second kappa shape index (κ2) is 9.72. The molecule has 2 aromatic rings. The Labute approximate surface area is 190 Å². The minimum Gasteiger partial charge on any atom is -0.462 e. The average molecular weight is 522 g/mol. The maximum atomic E-state index is 13.0. The van der Waals surface area contributed by atoms with E-state index in [4.69, 9.17) is 4.74 Å². The lowest BCUT2D eigenvalue weighted by molar-refractivity contribution is -0.142. The van der Waals surface area contributed by atoms with Crippen LogP contribution in [0.5, 0.6) is 0 Å². The monoisotopic (exact) mass is 521 g/mol. The molecular formula is C20H23BrF3N3O3S. The Hall–Kier alpha value is -1.88. The van der Waals surface area contributed by atoms with E-state index in [9.17, 15) is 22.8 Å². The van der Waals surface area contributed by atoms with Gasteiger partial charge in [0, 0.05) is 11.3 Å². The van der Waals surface area contributed by atoms with Gasteiger partial charge in [0.25, 0.3) is 0 Å². The van der Waals surface area contributed by atoms with Crippen molar-refractivity contribution in [2.75, 3.05) is 11.9 Å². The summed E-state index contributed by atoms with van der Waals surface area (Å²) >= 11 is 4.30. The number of nitrogens with zero attached hydrogens (tertiary/aromatic N) is 2. The normalized spacial score (nSPS) is 13.7. The van der Waals surface area contributed by atoms with Crippen LogP contribution in [-0.2, 0) is 35.1 Å². The smallest absolute Gasteiger partial charge is 0.436 e. The molecule has 0 bridgehead atoms. The van der Waals surface area contributed by atoms with Crippen molar-refractivity contribution in [1.29, 1.82) is 0 Å². The third-order valence-corrected chi connectivity index (χ3v) is 7.17. The Bertz CT molecular complexity index is 985. The SMILES string of the molecule is CCCOC(=O)c1c(NC(=O)CCn2nc(C(F)(F)F)c(Br)c2C)sc2c1CCCC2. The summed E-state index contributed by atoms with van der Waals surface area (Å²) in [6.07, 6.45) is -0.360. The highest BCUT2D eigenvalue weighted by atomic mass is 79.9. The van der Waals surface area contributed by atoms with E-state index in [1.165, 1.54) is 18.3 Å². The van der Waals surface area contributed by atoms with Gasteiger partial charge in [0.2, 0.25) is 5.91 Å². The summed E-state index contributed by atoms with van der Waals surface area (Å²) < 4.78 is 45.4. The van der Waals surface area contributed by atoms with Gasteiger partial charge in [-0.2, -0.15) is 18.3 Å². The van der Waals surface area contributed by atoms with Crippen LogP contribution in [0.15, 0.2) is 4.47 Å². The van der Waals surface area contributed by atoms with Crippen molar-refractivity contribution in [3.8, 4) is 0 Å². The number of hydrogen-bond donors (Lipinski definition) is 1. The molecule has 31 heavy (non-hydrogen) atoms. The van der Waals surface area contributed by atoms with Gasteiger partial charge in [-0.25, -0.2) is 4.79 Å². The highest BCUT2D eigenvalue weighted by Gasteiger charge is 2.38. The number of carbonyl (C=O) groups is 2. The lowest BCUT2D eigenvalue weighted by Crippen LogP contribution is -2.18. The second-order valence-electron chi connectivity index (χ2n) is 7.32. The number of rotatable bonds is 7. The molecule has 1 N–H and O–H groups in total. The molecule has 170 valence electrons. The molecule has 0 atom stereocenters. The van der Waals surface area contributed by atoms with Gasteiger partial charge < -0.3 is 10.1 Å². The Balaban J connectivity index is 1.74. The number of amides is 1. The summed E-state index contributed by atoms with van der Waals surface area (Å²) in [4.78, 5) is 26.2. The molecule has 1 amide bonds. The first kappa shape index (κ1) is 23.8. The fraction of sp³-hybridized carbons (Fsp3) is 0.550. The number of halogens is 4. The fourth-order valence-corrected chi connectivity index (χ4v) is 5.26. The first-order valence-corrected chi connectivity index (χ1v) is 11.7. The number of anilines is 1. The van der Waals surface area contributed by atoms with Crippen LogP contribution in [-0.4, -0.2) is 28.3 Å². The van der Waals surface area contributed by atoms with Gasteiger partial charge in [0.15, 0.2) is 5.69 Å². The lowest BCUT2D eigenvalue weighted by Gasteiger charge is -2.12. The van der Waals surface area contributed by atoms with Gasteiger partial charge in [-0.3, -0.25) is 9.48 Å². The molecule has 2 heterocycles. The molecule has 0 aliphatic heterocycles. The van der Waals surface area contributed by atoms with E-state index in [1.807, 2.05) is 6.92 Å². The van der Waals surface area contributed by atoms with Gasteiger partial charge in [-0.1, -0.05) is 6.92 Å². The molecule has 11 heteroatoms. The molecule has 3 rings (SSSR count). The van der Waals surface area contributed by atoms with Crippen molar-refractivity contribution in [2.45, 2.75) is 65.1 Å². The number of aryl methyl sites for hydroxylation is 2. The van der Waals surface area contributed by atoms with Crippen molar-refractivity contribution >= 4 is 44.1 Å². The van der Waals surface area contributed by atoms with Crippen molar-refractivity contribution in [3.63, 3.8) is 0 Å². The summed E-state index contributed by atoms with van der Waals surface area (Å²) in [6, 6.07) is 0. The Morgan fingerprint density at radius 2 is 2.00 bits per heavy atom. The van der Waals surface area contributed by atoms with Crippen LogP contribution in [0.25, 0.3) is 0 Å². The summed E-state index contributed by atoms with van der Waals surface area (Å²) in [5.74, 6) is -0.846. The summed E-state index contributed by atoms with van der Waals surface area (Å²) in [5, 5.41) is 6.81. The minimum absolute atomic E-state index is 0.0208. The molecule has 0 unspecified atom stereocenters. The third kappa shape index (κ3) is 5.31. The molecule has 2 aromatic heterocycles. The number of esters is 1. The first-order valence-electron chi connectivity index (χ1n) is 10.0. The van der Waals surface area contributed by atoms with Crippen LogP contribution in [0.1, 0.15) is 64.8 Å². The molecule has 0 saturated carbocycles. The highest BCUT2D eigenvalue weighted by molar-refractivity contribution is 9.10. The first-order chi connectivity index (χ1) is 14.6. The summed E-state index contributed by atoms with van der Waals surface area (Å²) in [5.41, 5.74) is 0.626. The molecular weight excluding hydrogens is 499 g/mol. The number of aromatic nitrogens is 2.